The predicted molar refractivity (Wildman–Crippen MR) is 103 cm³/mol. The molecule has 0 aliphatic rings. The van der Waals surface area contributed by atoms with Gasteiger partial charge in [0.05, 0.1) is 19.0 Å². The van der Waals surface area contributed by atoms with Crippen molar-refractivity contribution >= 4 is 29.4 Å². The number of carbonyl (C=O) groups is 2. The third-order valence-electron chi connectivity index (χ3n) is 3.60. The van der Waals surface area contributed by atoms with Crippen LogP contribution in [-0.2, 0) is 9.59 Å². The first kappa shape index (κ1) is 19.0. The molecule has 2 rings (SSSR count). The second-order valence-corrected chi connectivity index (χ2v) is 5.84. The molecule has 0 aliphatic heterocycles. The molecule has 2 aromatic carbocycles. The smallest absolute Gasteiger partial charge is 0.329 e. The number of aryl methyl sites for hydroxylation is 1. The van der Waals surface area contributed by atoms with Crippen molar-refractivity contribution < 1.29 is 14.3 Å². The van der Waals surface area contributed by atoms with E-state index in [1.54, 1.807) is 12.1 Å². The molecule has 0 aromatic heterocycles. The van der Waals surface area contributed by atoms with Crippen molar-refractivity contribution in [2.24, 2.45) is 5.10 Å². The van der Waals surface area contributed by atoms with E-state index in [-0.39, 0.29) is 0 Å². The number of rotatable bonds is 5. The van der Waals surface area contributed by atoms with E-state index in [1.165, 1.54) is 13.3 Å². The second kappa shape index (κ2) is 8.66. The minimum atomic E-state index is -0.866. The number of amides is 2. The predicted octanol–water partition coefficient (Wildman–Crippen LogP) is 2.16. The zero-order valence-corrected chi connectivity index (χ0v) is 15.2. The molecule has 0 radical (unpaired) electrons. The minimum absolute atomic E-state index is 0.427. The first-order valence-corrected chi connectivity index (χ1v) is 7.97. The Morgan fingerprint density at radius 2 is 1.77 bits per heavy atom. The molecule has 0 atom stereocenters. The van der Waals surface area contributed by atoms with Gasteiger partial charge in [0.1, 0.15) is 5.75 Å². The van der Waals surface area contributed by atoms with Crippen molar-refractivity contribution in [1.29, 1.82) is 0 Å². The van der Waals surface area contributed by atoms with E-state index in [2.05, 4.69) is 15.8 Å². The highest BCUT2D eigenvalue weighted by Crippen LogP contribution is 2.24. The zero-order valence-electron chi connectivity index (χ0n) is 15.2. The van der Waals surface area contributed by atoms with Gasteiger partial charge in [-0.15, -0.1) is 0 Å². The van der Waals surface area contributed by atoms with E-state index in [1.807, 2.05) is 56.3 Å². The van der Waals surface area contributed by atoms with Crippen LogP contribution in [0.3, 0.4) is 0 Å². The van der Waals surface area contributed by atoms with Gasteiger partial charge >= 0.3 is 11.8 Å². The lowest BCUT2D eigenvalue weighted by atomic mass is 10.2. The Labute approximate surface area is 152 Å². The summed E-state index contributed by atoms with van der Waals surface area (Å²) >= 11 is 0. The maximum absolute atomic E-state index is 12.0. The molecule has 0 unspecified atom stereocenters. The minimum Gasteiger partial charge on any atom is -0.495 e. The van der Waals surface area contributed by atoms with Gasteiger partial charge in [-0.05, 0) is 42.3 Å². The Bertz CT molecular complexity index is 814. The summed E-state index contributed by atoms with van der Waals surface area (Å²) in [6.07, 6.45) is 1.47. The lowest BCUT2D eigenvalue weighted by Gasteiger charge is -2.11. The quantitative estimate of drug-likeness (QED) is 0.490. The summed E-state index contributed by atoms with van der Waals surface area (Å²) in [5.41, 5.74) is 5.42. The van der Waals surface area contributed by atoms with Crippen molar-refractivity contribution in [3.8, 4) is 5.75 Å². The van der Waals surface area contributed by atoms with Gasteiger partial charge in [-0.2, -0.15) is 5.10 Å². The molecule has 7 nitrogen and oxygen atoms in total. The van der Waals surface area contributed by atoms with Crippen molar-refractivity contribution in [2.45, 2.75) is 6.92 Å². The molecule has 0 heterocycles. The van der Waals surface area contributed by atoms with Crippen molar-refractivity contribution in [2.75, 3.05) is 31.4 Å². The number of nitrogens with one attached hydrogen (secondary N) is 2. The zero-order chi connectivity index (χ0) is 19.1. The molecular formula is C19H22N4O3. The molecule has 0 aliphatic carbocycles. The van der Waals surface area contributed by atoms with Gasteiger partial charge < -0.3 is 15.0 Å². The highest BCUT2D eigenvalue weighted by atomic mass is 16.5. The van der Waals surface area contributed by atoms with Gasteiger partial charge in [-0.1, -0.05) is 18.2 Å². The first-order valence-electron chi connectivity index (χ1n) is 7.97. The number of benzene rings is 2. The Balaban J connectivity index is 1.95. The lowest BCUT2D eigenvalue weighted by Crippen LogP contribution is -2.32. The van der Waals surface area contributed by atoms with Crippen LogP contribution in [0.2, 0.25) is 0 Å². The van der Waals surface area contributed by atoms with Gasteiger partial charge in [0.15, 0.2) is 0 Å². The summed E-state index contributed by atoms with van der Waals surface area (Å²) in [6, 6.07) is 12.9. The average molecular weight is 354 g/mol. The highest BCUT2D eigenvalue weighted by molar-refractivity contribution is 6.39. The number of anilines is 2. The molecular weight excluding hydrogens is 332 g/mol. The number of methoxy groups -OCH3 is 1. The first-order chi connectivity index (χ1) is 12.4. The monoisotopic (exact) mass is 354 g/mol. The van der Waals surface area contributed by atoms with Crippen LogP contribution >= 0.6 is 0 Å². The summed E-state index contributed by atoms with van der Waals surface area (Å²) in [7, 11) is 5.39. The maximum atomic E-state index is 12.0. The standard InChI is InChI=1S/C19H22N4O3/c1-13-5-10-17(26-4)16(11-13)21-18(24)19(25)22-20-12-14-6-8-15(9-7-14)23(2)3/h5-12H,1-4H3,(H,21,24)(H,22,25)/b20-12-. The SMILES string of the molecule is COc1ccc(C)cc1NC(=O)C(=O)N/N=C\c1ccc(N(C)C)cc1. The van der Waals surface area contributed by atoms with Crippen LogP contribution in [-0.4, -0.2) is 39.2 Å². The fourth-order valence-corrected chi connectivity index (χ4v) is 2.17. The van der Waals surface area contributed by atoms with E-state index >= 15 is 0 Å². The van der Waals surface area contributed by atoms with E-state index in [4.69, 9.17) is 4.74 Å². The molecule has 0 fully saturated rings. The van der Waals surface area contributed by atoms with Crippen LogP contribution in [0.4, 0.5) is 11.4 Å². The molecule has 2 N–H and O–H groups in total. The molecule has 0 bridgehead atoms. The molecule has 7 heteroatoms. The summed E-state index contributed by atoms with van der Waals surface area (Å²) in [6.45, 7) is 1.88. The van der Waals surface area contributed by atoms with Crippen LogP contribution in [0.15, 0.2) is 47.6 Å². The molecule has 0 spiro atoms. The Kier molecular flexibility index (Phi) is 6.32. The highest BCUT2D eigenvalue weighted by Gasteiger charge is 2.15. The summed E-state index contributed by atoms with van der Waals surface area (Å²) < 4.78 is 5.17. The normalized spacial score (nSPS) is 10.5. The molecule has 2 amide bonds. The number of hydrazone groups is 1. The van der Waals surface area contributed by atoms with Crippen LogP contribution in [0.5, 0.6) is 5.75 Å². The van der Waals surface area contributed by atoms with Crippen LogP contribution < -0.4 is 20.4 Å². The fraction of sp³-hybridized carbons (Fsp3) is 0.211. The van der Waals surface area contributed by atoms with Crippen molar-refractivity contribution in [1.82, 2.24) is 5.43 Å². The molecule has 26 heavy (non-hydrogen) atoms. The van der Waals surface area contributed by atoms with Gasteiger partial charge in [-0.3, -0.25) is 9.59 Å². The van der Waals surface area contributed by atoms with Crippen molar-refractivity contribution in [3.63, 3.8) is 0 Å². The Morgan fingerprint density at radius 3 is 2.38 bits per heavy atom. The summed E-state index contributed by atoms with van der Waals surface area (Å²) in [4.78, 5) is 25.9. The number of hydrogen-bond donors (Lipinski definition) is 2. The molecule has 136 valence electrons. The van der Waals surface area contributed by atoms with Crippen LogP contribution in [0.25, 0.3) is 0 Å². The Hall–Kier alpha value is -3.35. The second-order valence-electron chi connectivity index (χ2n) is 5.84. The van der Waals surface area contributed by atoms with E-state index < -0.39 is 11.8 Å². The topological polar surface area (TPSA) is 83.0 Å². The Morgan fingerprint density at radius 1 is 1.08 bits per heavy atom. The molecule has 2 aromatic rings. The average Bonchev–Trinajstić information content (AvgIpc) is 2.62. The van der Waals surface area contributed by atoms with Crippen molar-refractivity contribution in [3.05, 3.63) is 53.6 Å². The van der Waals surface area contributed by atoms with E-state index in [0.29, 0.717) is 11.4 Å². The fourth-order valence-electron chi connectivity index (χ4n) is 2.17. The van der Waals surface area contributed by atoms with Gasteiger partial charge in [0.2, 0.25) is 0 Å². The molecule has 0 saturated heterocycles. The van der Waals surface area contributed by atoms with E-state index in [9.17, 15) is 9.59 Å². The number of carbonyl (C=O) groups excluding carboxylic acids is 2. The third-order valence-corrected chi connectivity index (χ3v) is 3.60. The van der Waals surface area contributed by atoms with Crippen LogP contribution in [0, 0.1) is 6.92 Å². The number of hydrogen-bond acceptors (Lipinski definition) is 5. The van der Waals surface area contributed by atoms with Gasteiger partial charge in [-0.25, -0.2) is 5.43 Å². The largest absolute Gasteiger partial charge is 0.495 e. The number of ether oxygens (including phenoxy) is 1. The van der Waals surface area contributed by atoms with Crippen LogP contribution in [0.1, 0.15) is 11.1 Å². The van der Waals surface area contributed by atoms with Gasteiger partial charge in [0, 0.05) is 19.8 Å². The van der Waals surface area contributed by atoms with Gasteiger partial charge in [0.25, 0.3) is 0 Å². The summed E-state index contributed by atoms with van der Waals surface area (Å²) in [5, 5.41) is 6.32. The number of nitrogens with zero attached hydrogens (tertiary/aromatic N) is 2. The maximum Gasteiger partial charge on any atom is 0.329 e. The lowest BCUT2D eigenvalue weighted by molar-refractivity contribution is -0.136. The third kappa shape index (κ3) is 5.07. The molecule has 0 saturated carbocycles. The van der Waals surface area contributed by atoms with E-state index in [0.717, 1.165) is 16.8 Å². The summed E-state index contributed by atoms with van der Waals surface area (Å²) in [5.74, 6) is -1.22.